The van der Waals surface area contributed by atoms with Crippen molar-refractivity contribution < 1.29 is 39.8 Å². The first-order valence-corrected chi connectivity index (χ1v) is 25.0. The molecule has 9 heteroatoms. The Hall–Kier alpha value is -2.11. The van der Waals surface area contributed by atoms with E-state index in [0.717, 1.165) is 64.2 Å². The predicted octanol–water partition coefficient (Wildman–Crippen LogP) is 11.2. The summed E-state index contributed by atoms with van der Waals surface area (Å²) in [6.07, 6.45) is 48.3. The molecule has 9 nitrogen and oxygen atoms in total. The number of nitrogens with one attached hydrogen (secondary N) is 1. The van der Waals surface area contributed by atoms with Gasteiger partial charge in [0.15, 0.2) is 6.29 Å². The van der Waals surface area contributed by atoms with Gasteiger partial charge in [-0.1, -0.05) is 190 Å². The third kappa shape index (κ3) is 32.2. The van der Waals surface area contributed by atoms with Crippen LogP contribution in [0.15, 0.2) is 60.8 Å². The summed E-state index contributed by atoms with van der Waals surface area (Å²) >= 11 is 0. The van der Waals surface area contributed by atoms with Crippen LogP contribution in [0.2, 0.25) is 0 Å². The minimum atomic E-state index is -1.58. The van der Waals surface area contributed by atoms with Crippen molar-refractivity contribution in [1.29, 1.82) is 0 Å². The highest BCUT2D eigenvalue weighted by molar-refractivity contribution is 5.76. The van der Waals surface area contributed by atoms with Gasteiger partial charge >= 0.3 is 0 Å². The van der Waals surface area contributed by atoms with Crippen molar-refractivity contribution in [3.05, 3.63) is 60.8 Å². The Balaban J connectivity index is 2.35. The minimum absolute atomic E-state index is 0.201. The van der Waals surface area contributed by atoms with Gasteiger partial charge in [-0.2, -0.15) is 0 Å². The summed E-state index contributed by atoms with van der Waals surface area (Å²) in [5.74, 6) is -0.201. The van der Waals surface area contributed by atoms with Crippen LogP contribution in [0.4, 0.5) is 0 Å². The van der Waals surface area contributed by atoms with Crippen molar-refractivity contribution in [3.63, 3.8) is 0 Å². The first-order valence-electron chi connectivity index (χ1n) is 25.0. The van der Waals surface area contributed by atoms with Crippen LogP contribution in [-0.4, -0.2) is 87.5 Å². The molecule has 1 amide bonds. The molecule has 0 aromatic heterocycles. The van der Waals surface area contributed by atoms with E-state index in [2.05, 4.69) is 67.8 Å². The standard InChI is InChI=1S/C52H93NO8/c1-3-5-7-9-11-13-15-17-19-21-22-23-24-26-28-30-32-34-36-38-40-42-48(56)53-45(44-60-52-51(59)50(58)49(57)47(43-54)61-52)46(55)41-39-37-35-33-31-29-27-25-20-18-16-14-12-10-8-6-4-2/h15,17,21-22,24,26,31,33,39,41,45-47,49-52,54-55,57-59H,3-14,16,18-20,23,25,27-30,32,34-38,40,42-44H2,1-2H3,(H,53,56)/b17-15-,22-21-,26-24-,33-31+,41-39+. The Labute approximate surface area is 373 Å². The summed E-state index contributed by atoms with van der Waals surface area (Å²) in [6, 6.07) is -0.831. The van der Waals surface area contributed by atoms with Crippen LogP contribution in [0.25, 0.3) is 0 Å². The number of ether oxygens (including phenoxy) is 2. The monoisotopic (exact) mass is 860 g/mol. The van der Waals surface area contributed by atoms with Crippen molar-refractivity contribution in [2.24, 2.45) is 0 Å². The molecule has 1 heterocycles. The molecule has 0 aromatic rings. The predicted molar refractivity (Wildman–Crippen MR) is 253 cm³/mol. The summed E-state index contributed by atoms with van der Waals surface area (Å²) in [6.45, 7) is 3.74. The van der Waals surface area contributed by atoms with Crippen molar-refractivity contribution in [3.8, 4) is 0 Å². The van der Waals surface area contributed by atoms with E-state index in [1.54, 1.807) is 6.08 Å². The van der Waals surface area contributed by atoms with Gasteiger partial charge in [-0.15, -0.1) is 0 Å². The maximum Gasteiger partial charge on any atom is 0.220 e. The lowest BCUT2D eigenvalue weighted by Gasteiger charge is -2.40. The quantitative estimate of drug-likeness (QED) is 0.0263. The van der Waals surface area contributed by atoms with Crippen LogP contribution in [0.1, 0.15) is 206 Å². The molecule has 0 spiro atoms. The zero-order valence-electron chi connectivity index (χ0n) is 38.9. The number of rotatable bonds is 41. The second kappa shape index (κ2) is 41.9. The van der Waals surface area contributed by atoms with Crippen molar-refractivity contribution in [2.75, 3.05) is 13.2 Å². The van der Waals surface area contributed by atoms with E-state index in [4.69, 9.17) is 9.47 Å². The van der Waals surface area contributed by atoms with Crippen LogP contribution in [0, 0.1) is 0 Å². The fraction of sp³-hybridized carbons (Fsp3) is 0.788. The van der Waals surface area contributed by atoms with E-state index in [-0.39, 0.29) is 12.5 Å². The van der Waals surface area contributed by atoms with E-state index < -0.39 is 49.5 Å². The highest BCUT2D eigenvalue weighted by Gasteiger charge is 2.44. The van der Waals surface area contributed by atoms with Gasteiger partial charge in [-0.3, -0.25) is 4.79 Å². The second-order valence-electron chi connectivity index (χ2n) is 17.2. The maximum atomic E-state index is 13.0. The van der Waals surface area contributed by atoms with Crippen LogP contribution < -0.4 is 5.32 Å². The van der Waals surface area contributed by atoms with Crippen molar-refractivity contribution in [2.45, 2.75) is 249 Å². The molecule has 1 aliphatic rings. The first kappa shape index (κ1) is 56.9. The van der Waals surface area contributed by atoms with Gasteiger partial charge in [-0.05, 0) is 70.6 Å². The molecule has 0 bridgehead atoms. The Morgan fingerprint density at radius 1 is 0.557 bits per heavy atom. The fourth-order valence-corrected chi connectivity index (χ4v) is 7.53. The molecule has 1 saturated heterocycles. The van der Waals surface area contributed by atoms with Gasteiger partial charge in [-0.25, -0.2) is 0 Å². The van der Waals surface area contributed by atoms with Crippen molar-refractivity contribution in [1.82, 2.24) is 5.32 Å². The average Bonchev–Trinajstić information content (AvgIpc) is 3.26. The number of amides is 1. The lowest BCUT2D eigenvalue weighted by molar-refractivity contribution is -0.302. The number of carbonyl (C=O) groups excluding carboxylic acids is 1. The largest absolute Gasteiger partial charge is 0.394 e. The highest BCUT2D eigenvalue weighted by atomic mass is 16.7. The number of allylic oxidation sites excluding steroid dienone is 9. The van der Waals surface area contributed by atoms with Gasteiger partial charge < -0.3 is 40.3 Å². The molecule has 1 rings (SSSR count). The SMILES string of the molecule is CCCCCCC/C=C\C/C=C\C/C=C\CCCCCCCCC(=O)NC(COC1OC(CO)C(O)C(O)C1O)C(O)/C=C/CC/C=C/CCCCCCCCCCCCC. The van der Waals surface area contributed by atoms with Gasteiger partial charge in [0.1, 0.15) is 24.4 Å². The fourth-order valence-electron chi connectivity index (χ4n) is 7.53. The zero-order chi connectivity index (χ0) is 44.4. The number of aliphatic hydroxyl groups is 5. The Kier molecular flexibility index (Phi) is 39.1. The molecule has 1 aliphatic heterocycles. The van der Waals surface area contributed by atoms with Gasteiger partial charge in [0.25, 0.3) is 0 Å². The molecule has 0 saturated carbocycles. The number of aliphatic hydroxyl groups excluding tert-OH is 5. The summed E-state index contributed by atoms with van der Waals surface area (Å²) in [7, 11) is 0. The Morgan fingerprint density at radius 2 is 0.984 bits per heavy atom. The number of hydrogen-bond donors (Lipinski definition) is 6. The molecule has 7 atom stereocenters. The Morgan fingerprint density at radius 3 is 1.49 bits per heavy atom. The van der Waals surface area contributed by atoms with Crippen LogP contribution in [-0.2, 0) is 14.3 Å². The molecule has 6 N–H and O–H groups in total. The summed E-state index contributed by atoms with van der Waals surface area (Å²) in [5.41, 5.74) is 0. The Bertz CT molecular complexity index is 1140. The molecule has 354 valence electrons. The summed E-state index contributed by atoms with van der Waals surface area (Å²) in [5, 5.41) is 54.3. The molecular formula is C52H93NO8. The lowest BCUT2D eigenvalue weighted by atomic mass is 9.99. The first-order chi connectivity index (χ1) is 29.8. The number of unbranched alkanes of at least 4 members (excludes halogenated alkanes) is 23. The molecular weight excluding hydrogens is 767 g/mol. The molecule has 61 heavy (non-hydrogen) atoms. The van der Waals surface area contributed by atoms with Crippen molar-refractivity contribution >= 4 is 5.91 Å². The van der Waals surface area contributed by atoms with Crippen LogP contribution >= 0.6 is 0 Å². The van der Waals surface area contributed by atoms with E-state index in [9.17, 15) is 30.3 Å². The van der Waals surface area contributed by atoms with E-state index in [1.807, 2.05) is 6.08 Å². The lowest BCUT2D eigenvalue weighted by Crippen LogP contribution is -2.60. The van der Waals surface area contributed by atoms with Crippen LogP contribution in [0.5, 0.6) is 0 Å². The number of hydrogen-bond acceptors (Lipinski definition) is 8. The molecule has 0 aliphatic carbocycles. The minimum Gasteiger partial charge on any atom is -0.394 e. The van der Waals surface area contributed by atoms with Gasteiger partial charge in [0.2, 0.25) is 5.91 Å². The van der Waals surface area contributed by atoms with Gasteiger partial charge in [0, 0.05) is 6.42 Å². The normalized spacial score (nSPS) is 20.9. The highest BCUT2D eigenvalue weighted by Crippen LogP contribution is 2.22. The third-order valence-electron chi connectivity index (χ3n) is 11.6. The van der Waals surface area contributed by atoms with E-state index in [0.29, 0.717) is 6.42 Å². The summed E-state index contributed by atoms with van der Waals surface area (Å²) in [4.78, 5) is 13.0. The zero-order valence-corrected chi connectivity index (χ0v) is 38.9. The smallest absolute Gasteiger partial charge is 0.220 e. The molecule has 7 unspecified atom stereocenters. The number of carbonyl (C=O) groups is 1. The van der Waals surface area contributed by atoms with Gasteiger partial charge in [0.05, 0.1) is 25.4 Å². The molecule has 1 fully saturated rings. The molecule has 0 aromatic carbocycles. The third-order valence-corrected chi connectivity index (χ3v) is 11.6. The second-order valence-corrected chi connectivity index (χ2v) is 17.2. The molecule has 0 radical (unpaired) electrons. The maximum absolute atomic E-state index is 13.0. The van der Waals surface area contributed by atoms with Crippen LogP contribution in [0.3, 0.4) is 0 Å². The summed E-state index contributed by atoms with van der Waals surface area (Å²) < 4.78 is 11.2. The van der Waals surface area contributed by atoms with E-state index >= 15 is 0 Å². The van der Waals surface area contributed by atoms with E-state index in [1.165, 1.54) is 122 Å². The average molecular weight is 860 g/mol. The topological polar surface area (TPSA) is 149 Å².